The Morgan fingerprint density at radius 1 is 1.32 bits per heavy atom. The van der Waals surface area contributed by atoms with Gasteiger partial charge in [0.1, 0.15) is 6.33 Å². The van der Waals surface area contributed by atoms with Crippen LogP contribution in [-0.2, 0) is 11.2 Å². The van der Waals surface area contributed by atoms with E-state index in [2.05, 4.69) is 20.5 Å². The fraction of sp³-hybridized carbons (Fsp3) is 0.308. The van der Waals surface area contributed by atoms with Crippen LogP contribution in [0.3, 0.4) is 0 Å². The minimum atomic E-state index is -0.0755. The van der Waals surface area contributed by atoms with Gasteiger partial charge in [-0.15, -0.1) is 0 Å². The molecule has 0 spiro atoms. The number of aryl methyl sites for hydroxylation is 1. The molecule has 0 atom stereocenters. The number of hydrogen-bond donors (Lipinski definition) is 2. The summed E-state index contributed by atoms with van der Waals surface area (Å²) in [6.45, 7) is 0. The Morgan fingerprint density at radius 3 is 2.63 bits per heavy atom. The molecule has 1 heterocycles. The number of H-pyrrole nitrogens is 1. The molecule has 0 unspecified atom stereocenters. The van der Waals surface area contributed by atoms with Gasteiger partial charge in [0.2, 0.25) is 11.9 Å². The summed E-state index contributed by atoms with van der Waals surface area (Å²) in [5.41, 5.74) is 2.29. The van der Waals surface area contributed by atoms with Crippen LogP contribution >= 0.6 is 0 Å². The maximum atomic E-state index is 11.7. The lowest BCUT2D eigenvalue weighted by atomic mass is 10.1. The summed E-state index contributed by atoms with van der Waals surface area (Å²) >= 11 is 0. The third-order valence-electron chi connectivity index (χ3n) is 2.77. The van der Waals surface area contributed by atoms with Gasteiger partial charge in [-0.2, -0.15) is 10.1 Å². The van der Waals surface area contributed by atoms with Gasteiger partial charge in [-0.1, -0.05) is 12.1 Å². The molecule has 1 aromatic carbocycles. The first-order valence-corrected chi connectivity index (χ1v) is 6.06. The van der Waals surface area contributed by atoms with Crippen LogP contribution in [0.5, 0.6) is 0 Å². The highest BCUT2D eigenvalue weighted by Gasteiger charge is 2.05. The van der Waals surface area contributed by atoms with Crippen LogP contribution in [0.4, 0.5) is 11.6 Å². The van der Waals surface area contributed by atoms with Crippen molar-refractivity contribution in [3.63, 3.8) is 0 Å². The predicted octanol–water partition coefficient (Wildman–Crippen LogP) is 1.44. The highest BCUT2D eigenvalue weighted by Crippen LogP contribution is 2.13. The van der Waals surface area contributed by atoms with Gasteiger partial charge in [-0.25, -0.2) is 5.10 Å². The normalized spacial score (nSPS) is 10.2. The minimum absolute atomic E-state index is 0.0755. The molecule has 0 saturated heterocycles. The topological polar surface area (TPSA) is 73.9 Å². The molecular weight excluding hydrogens is 242 g/mol. The fourth-order valence-corrected chi connectivity index (χ4v) is 1.68. The average molecular weight is 259 g/mol. The van der Waals surface area contributed by atoms with E-state index in [-0.39, 0.29) is 5.91 Å². The molecule has 0 aliphatic heterocycles. The van der Waals surface area contributed by atoms with Crippen molar-refractivity contribution in [3.8, 4) is 0 Å². The van der Waals surface area contributed by atoms with Crippen molar-refractivity contribution in [3.05, 3.63) is 36.2 Å². The zero-order valence-corrected chi connectivity index (χ0v) is 11.1. The number of aromatic nitrogens is 3. The Balaban J connectivity index is 1.83. The van der Waals surface area contributed by atoms with Crippen LogP contribution in [0.25, 0.3) is 0 Å². The van der Waals surface area contributed by atoms with Gasteiger partial charge in [-0.3, -0.25) is 10.1 Å². The number of carbonyl (C=O) groups is 1. The largest absolute Gasteiger partial charge is 0.378 e. The van der Waals surface area contributed by atoms with E-state index >= 15 is 0 Å². The molecule has 0 saturated carbocycles. The quantitative estimate of drug-likeness (QED) is 0.852. The molecule has 100 valence electrons. The first kappa shape index (κ1) is 13.1. The molecule has 1 amide bonds. The lowest BCUT2D eigenvalue weighted by molar-refractivity contribution is -0.116. The SMILES string of the molecule is CN(C)c1ccc(CCC(=O)Nc2ncn[nH]2)cc1. The summed E-state index contributed by atoms with van der Waals surface area (Å²) in [6.07, 6.45) is 2.48. The number of carbonyl (C=O) groups excluding carboxylic acids is 1. The van der Waals surface area contributed by atoms with Crippen molar-refractivity contribution in [1.29, 1.82) is 0 Å². The van der Waals surface area contributed by atoms with Crippen LogP contribution < -0.4 is 10.2 Å². The number of benzene rings is 1. The van der Waals surface area contributed by atoms with E-state index in [0.29, 0.717) is 18.8 Å². The minimum Gasteiger partial charge on any atom is -0.378 e. The Morgan fingerprint density at radius 2 is 2.05 bits per heavy atom. The number of anilines is 2. The molecule has 0 fully saturated rings. The third kappa shape index (κ3) is 3.80. The zero-order valence-electron chi connectivity index (χ0n) is 11.1. The van der Waals surface area contributed by atoms with Crippen LogP contribution in [-0.4, -0.2) is 35.2 Å². The van der Waals surface area contributed by atoms with Crippen LogP contribution in [0.15, 0.2) is 30.6 Å². The number of nitrogens with zero attached hydrogens (tertiary/aromatic N) is 3. The average Bonchev–Trinajstić information content (AvgIpc) is 2.89. The summed E-state index contributed by atoms with van der Waals surface area (Å²) in [6, 6.07) is 8.17. The molecule has 2 rings (SSSR count). The van der Waals surface area contributed by atoms with E-state index in [4.69, 9.17) is 0 Å². The summed E-state index contributed by atoms with van der Waals surface area (Å²) < 4.78 is 0. The second-order valence-corrected chi connectivity index (χ2v) is 4.44. The summed E-state index contributed by atoms with van der Waals surface area (Å²) in [4.78, 5) is 17.5. The van der Waals surface area contributed by atoms with E-state index in [1.54, 1.807) is 0 Å². The van der Waals surface area contributed by atoms with Gasteiger partial charge in [-0.05, 0) is 24.1 Å². The van der Waals surface area contributed by atoms with Gasteiger partial charge in [0.05, 0.1) is 0 Å². The Hall–Kier alpha value is -2.37. The van der Waals surface area contributed by atoms with Crippen molar-refractivity contribution in [2.45, 2.75) is 12.8 Å². The number of hydrogen-bond acceptors (Lipinski definition) is 4. The van der Waals surface area contributed by atoms with E-state index < -0.39 is 0 Å². The van der Waals surface area contributed by atoms with Gasteiger partial charge >= 0.3 is 0 Å². The summed E-state index contributed by atoms with van der Waals surface area (Å²) in [5.74, 6) is 0.307. The number of nitrogens with one attached hydrogen (secondary N) is 2. The van der Waals surface area contributed by atoms with Crippen molar-refractivity contribution in [1.82, 2.24) is 15.2 Å². The van der Waals surface area contributed by atoms with Crippen molar-refractivity contribution in [2.75, 3.05) is 24.3 Å². The van der Waals surface area contributed by atoms with Gasteiger partial charge < -0.3 is 4.90 Å². The van der Waals surface area contributed by atoms with Crippen LogP contribution in [0.1, 0.15) is 12.0 Å². The second-order valence-electron chi connectivity index (χ2n) is 4.44. The Bertz CT molecular complexity index is 518. The molecule has 2 aromatic rings. The molecule has 0 aliphatic carbocycles. The Kier molecular flexibility index (Phi) is 4.12. The first-order valence-electron chi connectivity index (χ1n) is 6.06. The molecule has 6 nitrogen and oxygen atoms in total. The van der Waals surface area contributed by atoms with Crippen molar-refractivity contribution < 1.29 is 4.79 Å². The van der Waals surface area contributed by atoms with E-state index in [1.165, 1.54) is 6.33 Å². The highest BCUT2D eigenvalue weighted by atomic mass is 16.1. The predicted molar refractivity (Wildman–Crippen MR) is 74.1 cm³/mol. The van der Waals surface area contributed by atoms with Gasteiger partial charge in [0, 0.05) is 26.2 Å². The van der Waals surface area contributed by atoms with Crippen molar-refractivity contribution >= 4 is 17.5 Å². The molecule has 1 aromatic heterocycles. The van der Waals surface area contributed by atoms with E-state index in [0.717, 1.165) is 11.3 Å². The standard InChI is InChI=1S/C13H17N5O/c1-18(2)11-6-3-10(4-7-11)5-8-12(19)16-13-14-9-15-17-13/h3-4,6-7,9H,5,8H2,1-2H3,(H2,14,15,16,17,19). The smallest absolute Gasteiger partial charge is 0.227 e. The maximum Gasteiger partial charge on any atom is 0.227 e. The number of aromatic amines is 1. The van der Waals surface area contributed by atoms with Crippen molar-refractivity contribution in [2.24, 2.45) is 0 Å². The third-order valence-corrected chi connectivity index (χ3v) is 2.77. The maximum absolute atomic E-state index is 11.7. The monoisotopic (exact) mass is 259 g/mol. The fourth-order valence-electron chi connectivity index (χ4n) is 1.68. The number of rotatable bonds is 5. The van der Waals surface area contributed by atoms with Crippen LogP contribution in [0, 0.1) is 0 Å². The highest BCUT2D eigenvalue weighted by molar-refractivity contribution is 5.88. The van der Waals surface area contributed by atoms with E-state index in [1.807, 2.05) is 43.3 Å². The first-order chi connectivity index (χ1) is 9.15. The summed E-state index contributed by atoms with van der Waals surface area (Å²) in [7, 11) is 4.00. The van der Waals surface area contributed by atoms with Crippen LogP contribution in [0.2, 0.25) is 0 Å². The molecule has 2 N–H and O–H groups in total. The Labute approximate surface area is 111 Å². The molecular formula is C13H17N5O. The lowest BCUT2D eigenvalue weighted by Crippen LogP contribution is -2.13. The van der Waals surface area contributed by atoms with Gasteiger partial charge in [0.15, 0.2) is 0 Å². The molecule has 6 heteroatoms. The molecule has 0 bridgehead atoms. The zero-order chi connectivity index (χ0) is 13.7. The molecule has 0 radical (unpaired) electrons. The number of amides is 1. The lowest BCUT2D eigenvalue weighted by Gasteiger charge is -2.12. The van der Waals surface area contributed by atoms with E-state index in [9.17, 15) is 4.79 Å². The molecule has 0 aliphatic rings. The van der Waals surface area contributed by atoms with Gasteiger partial charge in [0.25, 0.3) is 0 Å². The molecule has 19 heavy (non-hydrogen) atoms. The second kappa shape index (κ2) is 5.99. The summed E-state index contributed by atoms with van der Waals surface area (Å²) in [5, 5.41) is 8.90.